The van der Waals surface area contributed by atoms with Gasteiger partial charge in [0.2, 0.25) is 0 Å². The molecule has 0 N–H and O–H groups in total. The molecule has 0 amide bonds. The molecule has 0 radical (unpaired) electrons. The van der Waals surface area contributed by atoms with Crippen LogP contribution in [0.25, 0.3) is 0 Å². The van der Waals surface area contributed by atoms with E-state index in [0.717, 1.165) is 17.9 Å². The van der Waals surface area contributed by atoms with Gasteiger partial charge < -0.3 is 0 Å². The Morgan fingerprint density at radius 3 is 2.70 bits per heavy atom. The maximum Gasteiger partial charge on any atom is 0.0621 e. The first-order chi connectivity index (χ1) is 4.91. The molecule has 0 heterocycles. The first-order valence-electron chi connectivity index (χ1n) is 3.47. The Morgan fingerprint density at radius 2 is 2.10 bits per heavy atom. The lowest BCUT2D eigenvalue weighted by Crippen LogP contribution is -1.84. The van der Waals surface area contributed by atoms with E-state index < -0.39 is 0 Å². The molecule has 0 aromatic heterocycles. The molecule has 0 aliphatic carbocycles. The lowest BCUT2D eigenvalue weighted by molar-refractivity contribution is 0.830. The summed E-state index contributed by atoms with van der Waals surface area (Å²) < 4.78 is 0. The Morgan fingerprint density at radius 1 is 1.30 bits per heavy atom. The molecule has 0 aromatic carbocycles. The highest BCUT2D eigenvalue weighted by molar-refractivity contribution is 7.99. The van der Waals surface area contributed by atoms with E-state index in [1.165, 1.54) is 12.2 Å². The van der Waals surface area contributed by atoms with Gasteiger partial charge in [-0.2, -0.15) is 29.7 Å². The molecule has 0 spiro atoms. The van der Waals surface area contributed by atoms with Crippen molar-refractivity contribution < 1.29 is 0 Å². The van der Waals surface area contributed by atoms with E-state index >= 15 is 0 Å². The van der Waals surface area contributed by atoms with Gasteiger partial charge in [-0.05, 0) is 24.3 Å². The minimum atomic E-state index is 0.710. The summed E-state index contributed by atoms with van der Waals surface area (Å²) in [5.74, 6) is 3.28. The van der Waals surface area contributed by atoms with Crippen molar-refractivity contribution in [2.75, 3.05) is 17.3 Å². The first-order valence-corrected chi connectivity index (χ1v) is 5.26. The molecule has 10 heavy (non-hydrogen) atoms. The lowest BCUT2D eigenvalue weighted by Gasteiger charge is -1.95. The van der Waals surface area contributed by atoms with Crippen molar-refractivity contribution in [3.05, 3.63) is 0 Å². The number of thioether (sulfide) groups is 1. The quantitative estimate of drug-likeness (QED) is 0.495. The van der Waals surface area contributed by atoms with Crippen LogP contribution in [0.4, 0.5) is 0 Å². The molecule has 0 unspecified atom stereocenters. The standard InChI is InChI=1S/C7H13NS2/c8-4-2-1-3-6-10-7-5-9/h9H,1-3,5-7H2. The summed E-state index contributed by atoms with van der Waals surface area (Å²) in [5.41, 5.74) is 0. The fraction of sp³-hybridized carbons (Fsp3) is 0.857. The second-order valence-corrected chi connectivity index (χ2v) is 3.62. The summed E-state index contributed by atoms with van der Waals surface area (Å²) in [6.07, 6.45) is 2.93. The van der Waals surface area contributed by atoms with Crippen molar-refractivity contribution in [3.63, 3.8) is 0 Å². The van der Waals surface area contributed by atoms with E-state index in [2.05, 4.69) is 18.7 Å². The predicted molar refractivity (Wildman–Crippen MR) is 50.6 cm³/mol. The number of rotatable bonds is 6. The highest BCUT2D eigenvalue weighted by atomic mass is 32.2. The number of nitrogens with zero attached hydrogens (tertiary/aromatic N) is 1. The molecular weight excluding hydrogens is 162 g/mol. The maximum absolute atomic E-state index is 8.20. The van der Waals surface area contributed by atoms with Gasteiger partial charge in [-0.3, -0.25) is 0 Å². The molecule has 0 aliphatic heterocycles. The van der Waals surface area contributed by atoms with Crippen molar-refractivity contribution in [1.29, 1.82) is 5.26 Å². The number of hydrogen-bond acceptors (Lipinski definition) is 3. The van der Waals surface area contributed by atoms with E-state index in [-0.39, 0.29) is 0 Å². The average molecular weight is 175 g/mol. The molecule has 0 atom stereocenters. The molecule has 58 valence electrons. The minimum absolute atomic E-state index is 0.710. The van der Waals surface area contributed by atoms with Crippen LogP contribution in [0.2, 0.25) is 0 Å². The highest BCUT2D eigenvalue weighted by Crippen LogP contribution is 2.05. The number of thiol groups is 1. The molecule has 0 fully saturated rings. The Bertz CT molecular complexity index is 98.3. The summed E-state index contributed by atoms with van der Waals surface area (Å²) in [5, 5.41) is 8.20. The minimum Gasteiger partial charge on any atom is -0.198 e. The van der Waals surface area contributed by atoms with E-state index in [1.54, 1.807) is 0 Å². The molecule has 0 rings (SSSR count). The van der Waals surface area contributed by atoms with Crippen molar-refractivity contribution in [1.82, 2.24) is 0 Å². The zero-order valence-corrected chi connectivity index (χ0v) is 7.76. The third-order valence-corrected chi connectivity index (χ3v) is 2.66. The van der Waals surface area contributed by atoms with Crippen LogP contribution in [0, 0.1) is 11.3 Å². The van der Waals surface area contributed by atoms with Crippen molar-refractivity contribution in [3.8, 4) is 6.07 Å². The van der Waals surface area contributed by atoms with Crippen LogP contribution in [0.15, 0.2) is 0 Å². The van der Waals surface area contributed by atoms with Crippen LogP contribution in [0.1, 0.15) is 19.3 Å². The van der Waals surface area contributed by atoms with Crippen molar-refractivity contribution >= 4 is 24.4 Å². The highest BCUT2D eigenvalue weighted by Gasteiger charge is 1.87. The van der Waals surface area contributed by atoms with Crippen LogP contribution in [0.5, 0.6) is 0 Å². The fourth-order valence-corrected chi connectivity index (χ4v) is 1.70. The SMILES string of the molecule is N#CCCCCSCCS. The summed E-state index contributed by atoms with van der Waals surface area (Å²) >= 11 is 6.01. The second-order valence-electron chi connectivity index (χ2n) is 1.95. The van der Waals surface area contributed by atoms with Gasteiger partial charge in [0, 0.05) is 12.2 Å². The Hall–Kier alpha value is 0.190. The smallest absolute Gasteiger partial charge is 0.0621 e. The lowest BCUT2D eigenvalue weighted by atomic mass is 10.3. The number of unbranched alkanes of at least 4 members (excludes halogenated alkanes) is 2. The molecule has 1 nitrogen and oxygen atoms in total. The second kappa shape index (κ2) is 9.19. The van der Waals surface area contributed by atoms with E-state index in [1.807, 2.05) is 11.8 Å². The van der Waals surface area contributed by atoms with Crippen molar-refractivity contribution in [2.24, 2.45) is 0 Å². The Labute approximate surface area is 72.6 Å². The van der Waals surface area contributed by atoms with Gasteiger partial charge in [0.25, 0.3) is 0 Å². The molecule has 0 aliphatic rings. The molecule has 3 heteroatoms. The Kier molecular flexibility index (Phi) is 9.36. The fourth-order valence-electron chi connectivity index (χ4n) is 0.575. The number of nitriles is 1. The van der Waals surface area contributed by atoms with Gasteiger partial charge in [0.05, 0.1) is 6.07 Å². The molecule has 0 aromatic rings. The van der Waals surface area contributed by atoms with Crippen molar-refractivity contribution in [2.45, 2.75) is 19.3 Å². The van der Waals surface area contributed by atoms with E-state index in [4.69, 9.17) is 5.26 Å². The van der Waals surface area contributed by atoms with Crippen LogP contribution < -0.4 is 0 Å². The van der Waals surface area contributed by atoms with Gasteiger partial charge in [-0.1, -0.05) is 0 Å². The monoisotopic (exact) mass is 175 g/mol. The zero-order valence-electron chi connectivity index (χ0n) is 6.05. The van der Waals surface area contributed by atoms with Gasteiger partial charge in [0.1, 0.15) is 0 Å². The largest absolute Gasteiger partial charge is 0.198 e. The van der Waals surface area contributed by atoms with E-state index in [9.17, 15) is 0 Å². The van der Waals surface area contributed by atoms with E-state index in [0.29, 0.717) is 6.42 Å². The molecule has 0 saturated heterocycles. The zero-order chi connectivity index (χ0) is 7.66. The third kappa shape index (κ3) is 8.19. The van der Waals surface area contributed by atoms with Gasteiger partial charge in [-0.25, -0.2) is 0 Å². The molecular formula is C7H13NS2. The van der Waals surface area contributed by atoms with Gasteiger partial charge >= 0.3 is 0 Å². The van der Waals surface area contributed by atoms with Crippen LogP contribution >= 0.6 is 24.4 Å². The maximum atomic E-state index is 8.20. The summed E-state index contributed by atoms with van der Waals surface area (Å²) in [6.45, 7) is 0. The number of hydrogen-bond donors (Lipinski definition) is 1. The predicted octanol–water partition coefficient (Wildman–Crippen LogP) is 2.34. The Balaban J connectivity index is 2.72. The molecule has 0 saturated carbocycles. The van der Waals surface area contributed by atoms with Gasteiger partial charge in [0.15, 0.2) is 0 Å². The summed E-state index contributed by atoms with van der Waals surface area (Å²) in [6, 6.07) is 2.13. The molecule has 0 bridgehead atoms. The summed E-state index contributed by atoms with van der Waals surface area (Å²) in [7, 11) is 0. The average Bonchev–Trinajstić information content (AvgIpc) is 1.97. The van der Waals surface area contributed by atoms with Gasteiger partial charge in [-0.15, -0.1) is 0 Å². The first kappa shape index (κ1) is 10.2. The van der Waals surface area contributed by atoms with Crippen LogP contribution in [-0.4, -0.2) is 17.3 Å². The normalized spacial score (nSPS) is 9.20. The summed E-state index contributed by atoms with van der Waals surface area (Å²) in [4.78, 5) is 0. The topological polar surface area (TPSA) is 23.8 Å². The van der Waals surface area contributed by atoms with Crippen LogP contribution in [-0.2, 0) is 0 Å². The third-order valence-electron chi connectivity index (χ3n) is 1.06. The van der Waals surface area contributed by atoms with Crippen LogP contribution in [0.3, 0.4) is 0 Å².